The molecule has 0 radical (unpaired) electrons. The second-order valence-corrected chi connectivity index (χ2v) is 5.04. The number of ether oxygens (including phenoxy) is 1. The summed E-state index contributed by atoms with van der Waals surface area (Å²) in [4.78, 5) is 0. The van der Waals surface area contributed by atoms with E-state index in [2.05, 4.69) is 24.3 Å². The second-order valence-electron chi connectivity index (χ2n) is 5.04. The molecule has 0 aliphatic carbocycles. The van der Waals surface area contributed by atoms with Crippen LogP contribution in [-0.2, 0) is 6.42 Å². The van der Waals surface area contributed by atoms with E-state index in [0.717, 1.165) is 37.2 Å². The van der Waals surface area contributed by atoms with Gasteiger partial charge in [0.1, 0.15) is 5.75 Å². The van der Waals surface area contributed by atoms with Crippen LogP contribution in [0.1, 0.15) is 37.0 Å². The molecular weight excluding hydrogens is 248 g/mol. The number of aryl methyl sites for hydroxylation is 1. The maximum atomic E-state index is 9.43. The maximum absolute atomic E-state index is 9.43. The highest BCUT2D eigenvalue weighted by Crippen LogP contribution is 2.17. The molecule has 106 valence electrons. The molecular formula is C18H22O2. The number of aliphatic hydroxyl groups excluding tert-OH is 1. The van der Waals surface area contributed by atoms with Crippen LogP contribution in [0.2, 0.25) is 0 Å². The molecule has 0 aliphatic rings. The molecule has 0 saturated carbocycles. The zero-order valence-corrected chi connectivity index (χ0v) is 12.0. The van der Waals surface area contributed by atoms with E-state index in [1.807, 2.05) is 30.3 Å². The monoisotopic (exact) mass is 270 g/mol. The summed E-state index contributed by atoms with van der Waals surface area (Å²) in [5, 5.41) is 9.43. The van der Waals surface area contributed by atoms with E-state index in [4.69, 9.17) is 4.74 Å². The van der Waals surface area contributed by atoms with Crippen LogP contribution < -0.4 is 4.74 Å². The van der Waals surface area contributed by atoms with Gasteiger partial charge < -0.3 is 9.84 Å². The van der Waals surface area contributed by atoms with Gasteiger partial charge in [0.2, 0.25) is 0 Å². The quantitative estimate of drug-likeness (QED) is 0.766. The predicted molar refractivity (Wildman–Crippen MR) is 82.0 cm³/mol. The molecule has 0 amide bonds. The fourth-order valence-corrected chi connectivity index (χ4v) is 2.11. The van der Waals surface area contributed by atoms with Crippen LogP contribution >= 0.6 is 0 Å². The van der Waals surface area contributed by atoms with Crippen LogP contribution in [0.3, 0.4) is 0 Å². The zero-order chi connectivity index (χ0) is 14.2. The first-order chi connectivity index (χ1) is 9.75. The summed E-state index contributed by atoms with van der Waals surface area (Å²) >= 11 is 0. The molecule has 0 unspecified atom stereocenters. The topological polar surface area (TPSA) is 29.5 Å². The molecule has 2 aromatic rings. The van der Waals surface area contributed by atoms with Crippen LogP contribution in [0.4, 0.5) is 0 Å². The van der Waals surface area contributed by atoms with E-state index in [0.29, 0.717) is 0 Å². The van der Waals surface area contributed by atoms with Gasteiger partial charge in [-0.1, -0.05) is 42.5 Å². The van der Waals surface area contributed by atoms with Gasteiger partial charge in [0.05, 0.1) is 12.7 Å². The molecule has 0 saturated heterocycles. The molecule has 2 aromatic carbocycles. The van der Waals surface area contributed by atoms with Crippen molar-refractivity contribution in [1.29, 1.82) is 0 Å². The summed E-state index contributed by atoms with van der Waals surface area (Å²) in [7, 11) is 0. The molecule has 2 heteroatoms. The van der Waals surface area contributed by atoms with Crippen molar-refractivity contribution in [2.45, 2.75) is 32.3 Å². The highest BCUT2D eigenvalue weighted by molar-refractivity contribution is 5.28. The summed E-state index contributed by atoms with van der Waals surface area (Å²) < 4.78 is 5.70. The molecule has 1 N–H and O–H groups in total. The van der Waals surface area contributed by atoms with Crippen LogP contribution in [0.25, 0.3) is 0 Å². The smallest absolute Gasteiger partial charge is 0.119 e. The van der Waals surface area contributed by atoms with Gasteiger partial charge in [-0.25, -0.2) is 0 Å². The summed E-state index contributed by atoms with van der Waals surface area (Å²) in [5.74, 6) is 0.870. The Balaban J connectivity index is 1.66. The van der Waals surface area contributed by atoms with Crippen molar-refractivity contribution in [2.24, 2.45) is 0 Å². The maximum Gasteiger partial charge on any atom is 0.119 e. The highest BCUT2D eigenvalue weighted by atomic mass is 16.5. The minimum absolute atomic E-state index is 0.421. The van der Waals surface area contributed by atoms with E-state index in [9.17, 15) is 5.11 Å². The Morgan fingerprint density at radius 3 is 2.30 bits per heavy atom. The van der Waals surface area contributed by atoms with Crippen molar-refractivity contribution in [1.82, 2.24) is 0 Å². The van der Waals surface area contributed by atoms with Crippen LogP contribution in [0.5, 0.6) is 5.75 Å². The van der Waals surface area contributed by atoms with Crippen molar-refractivity contribution in [3.8, 4) is 5.75 Å². The molecule has 0 aromatic heterocycles. The molecule has 20 heavy (non-hydrogen) atoms. The average molecular weight is 270 g/mol. The average Bonchev–Trinajstić information content (AvgIpc) is 2.48. The molecule has 0 fully saturated rings. The number of aliphatic hydroxyl groups is 1. The Morgan fingerprint density at radius 1 is 0.950 bits per heavy atom. The van der Waals surface area contributed by atoms with Crippen LogP contribution in [0, 0.1) is 0 Å². The lowest BCUT2D eigenvalue weighted by Crippen LogP contribution is -1.99. The Kier molecular flexibility index (Phi) is 5.63. The predicted octanol–water partition coefficient (Wildman–Crippen LogP) is 4.14. The van der Waals surface area contributed by atoms with Gasteiger partial charge in [0.25, 0.3) is 0 Å². The summed E-state index contributed by atoms with van der Waals surface area (Å²) in [6.45, 7) is 2.50. The normalized spacial score (nSPS) is 12.1. The SMILES string of the molecule is C[C@@H](O)c1ccc(OCCCCc2ccccc2)cc1. The lowest BCUT2D eigenvalue weighted by atomic mass is 10.1. The molecule has 0 heterocycles. The number of hydrogen-bond acceptors (Lipinski definition) is 2. The fraction of sp³-hybridized carbons (Fsp3) is 0.333. The lowest BCUT2D eigenvalue weighted by molar-refractivity contribution is 0.199. The zero-order valence-electron chi connectivity index (χ0n) is 12.0. The van der Waals surface area contributed by atoms with Crippen molar-refractivity contribution >= 4 is 0 Å². The third-order valence-electron chi connectivity index (χ3n) is 3.33. The molecule has 0 spiro atoms. The highest BCUT2D eigenvalue weighted by Gasteiger charge is 2.00. The van der Waals surface area contributed by atoms with E-state index in [-0.39, 0.29) is 0 Å². The van der Waals surface area contributed by atoms with E-state index < -0.39 is 6.10 Å². The largest absolute Gasteiger partial charge is 0.494 e. The standard InChI is InChI=1S/C18H22O2/c1-15(19)17-10-12-18(13-11-17)20-14-6-5-9-16-7-3-2-4-8-16/h2-4,7-8,10-13,15,19H,5-6,9,14H2,1H3/t15-/m1/s1. The van der Waals surface area contributed by atoms with E-state index in [1.54, 1.807) is 6.92 Å². The van der Waals surface area contributed by atoms with Crippen LogP contribution in [-0.4, -0.2) is 11.7 Å². The molecule has 1 atom stereocenters. The molecule has 2 rings (SSSR count). The number of benzene rings is 2. The van der Waals surface area contributed by atoms with Crippen molar-refractivity contribution in [3.05, 3.63) is 65.7 Å². The summed E-state index contributed by atoms with van der Waals surface area (Å²) in [6, 6.07) is 18.2. The molecule has 2 nitrogen and oxygen atoms in total. The molecule has 0 aliphatic heterocycles. The minimum atomic E-state index is -0.421. The van der Waals surface area contributed by atoms with Gasteiger partial charge in [-0.05, 0) is 49.4 Å². The molecule has 0 bridgehead atoms. The Bertz CT molecular complexity index is 489. The van der Waals surface area contributed by atoms with Crippen molar-refractivity contribution in [3.63, 3.8) is 0 Å². The van der Waals surface area contributed by atoms with E-state index in [1.165, 1.54) is 5.56 Å². The first-order valence-electron chi connectivity index (χ1n) is 7.20. The number of rotatable bonds is 7. The summed E-state index contributed by atoms with van der Waals surface area (Å²) in [5.41, 5.74) is 2.30. The van der Waals surface area contributed by atoms with Crippen molar-refractivity contribution in [2.75, 3.05) is 6.61 Å². The first-order valence-corrected chi connectivity index (χ1v) is 7.20. The third-order valence-corrected chi connectivity index (χ3v) is 3.33. The third kappa shape index (κ3) is 4.71. The Hall–Kier alpha value is -1.80. The van der Waals surface area contributed by atoms with Gasteiger partial charge in [0, 0.05) is 0 Å². The first kappa shape index (κ1) is 14.6. The lowest BCUT2D eigenvalue weighted by Gasteiger charge is -2.08. The minimum Gasteiger partial charge on any atom is -0.494 e. The van der Waals surface area contributed by atoms with Crippen LogP contribution in [0.15, 0.2) is 54.6 Å². The number of unbranched alkanes of at least 4 members (excludes halogenated alkanes) is 1. The Labute approximate surface area is 121 Å². The van der Waals surface area contributed by atoms with Gasteiger partial charge in [-0.15, -0.1) is 0 Å². The van der Waals surface area contributed by atoms with E-state index >= 15 is 0 Å². The summed E-state index contributed by atoms with van der Waals surface area (Å²) in [6.07, 6.45) is 2.86. The fourth-order valence-electron chi connectivity index (χ4n) is 2.11. The van der Waals surface area contributed by atoms with Gasteiger partial charge >= 0.3 is 0 Å². The van der Waals surface area contributed by atoms with Crippen molar-refractivity contribution < 1.29 is 9.84 Å². The van der Waals surface area contributed by atoms with Gasteiger partial charge in [-0.2, -0.15) is 0 Å². The Morgan fingerprint density at radius 2 is 1.65 bits per heavy atom. The van der Waals surface area contributed by atoms with Gasteiger partial charge in [0.15, 0.2) is 0 Å². The second kappa shape index (κ2) is 7.71. The van der Waals surface area contributed by atoms with Gasteiger partial charge in [-0.3, -0.25) is 0 Å². The number of hydrogen-bond donors (Lipinski definition) is 1.